The molecule has 3 rings (SSSR count). The highest BCUT2D eigenvalue weighted by molar-refractivity contribution is 5.96. The van der Waals surface area contributed by atoms with Crippen molar-refractivity contribution < 1.29 is 4.79 Å². The van der Waals surface area contributed by atoms with Gasteiger partial charge >= 0.3 is 0 Å². The fourth-order valence-electron chi connectivity index (χ4n) is 2.96. The Bertz CT molecular complexity index is 730. The number of fused-ring (bicyclic) bond motifs is 1. The number of amides is 1. The van der Waals surface area contributed by atoms with Gasteiger partial charge in [-0.05, 0) is 38.1 Å². The zero-order valence-electron chi connectivity index (χ0n) is 11.9. The summed E-state index contributed by atoms with van der Waals surface area (Å²) >= 11 is 0. The highest BCUT2D eigenvalue weighted by atomic mass is 16.2. The number of carbonyl (C=O) groups excluding carboxylic acids is 1. The Balaban J connectivity index is 2.01. The monoisotopic (exact) mass is 285 g/mol. The highest BCUT2D eigenvalue weighted by Gasteiger charge is 2.14. The number of aromatic nitrogens is 1. The van der Waals surface area contributed by atoms with E-state index < -0.39 is 5.91 Å². The molecule has 1 aliphatic heterocycles. The minimum absolute atomic E-state index is 0.0649. The third-order valence-electron chi connectivity index (χ3n) is 4.11. The van der Waals surface area contributed by atoms with E-state index in [1.807, 2.05) is 16.7 Å². The number of hydrogen-bond acceptors (Lipinski definition) is 3. The number of para-hydroxylation sites is 1. The summed E-state index contributed by atoms with van der Waals surface area (Å²) in [7, 11) is 0. The van der Waals surface area contributed by atoms with Gasteiger partial charge in [0.05, 0.1) is 5.52 Å². The fourth-order valence-corrected chi connectivity index (χ4v) is 2.96. The number of primary amides is 1. The summed E-state index contributed by atoms with van der Waals surface area (Å²) < 4.78 is 1.97. The van der Waals surface area contributed by atoms with Gasteiger partial charge in [0.2, 0.25) is 5.43 Å². The maximum absolute atomic E-state index is 12.3. The molecule has 2 heterocycles. The van der Waals surface area contributed by atoms with Crippen molar-refractivity contribution in [3.05, 3.63) is 46.2 Å². The molecular weight excluding hydrogens is 266 g/mol. The minimum Gasteiger partial charge on any atom is -0.365 e. The van der Waals surface area contributed by atoms with Gasteiger partial charge in [0, 0.05) is 24.7 Å². The molecule has 1 aliphatic rings. The SMILES string of the molecule is NC(=O)c1cn(CCN2CCCC2)c2ccccc2c1=O. The van der Waals surface area contributed by atoms with Crippen molar-refractivity contribution in [3.63, 3.8) is 0 Å². The summed E-state index contributed by atoms with van der Waals surface area (Å²) in [5.41, 5.74) is 5.97. The summed E-state index contributed by atoms with van der Waals surface area (Å²) in [6.07, 6.45) is 4.10. The Morgan fingerprint density at radius 3 is 2.57 bits per heavy atom. The Morgan fingerprint density at radius 2 is 1.86 bits per heavy atom. The Labute approximate surface area is 123 Å². The van der Waals surface area contributed by atoms with Crippen LogP contribution in [0.3, 0.4) is 0 Å². The summed E-state index contributed by atoms with van der Waals surface area (Å²) in [6, 6.07) is 7.36. The van der Waals surface area contributed by atoms with Crippen LogP contribution < -0.4 is 11.2 Å². The van der Waals surface area contributed by atoms with Gasteiger partial charge in [0.15, 0.2) is 0 Å². The lowest BCUT2D eigenvalue weighted by molar-refractivity contribution is 0.0998. The van der Waals surface area contributed by atoms with Crippen LogP contribution in [0.2, 0.25) is 0 Å². The smallest absolute Gasteiger partial charge is 0.254 e. The predicted octanol–water partition coefficient (Wildman–Crippen LogP) is 1.20. The minimum atomic E-state index is -0.666. The van der Waals surface area contributed by atoms with Crippen molar-refractivity contribution in [2.45, 2.75) is 19.4 Å². The van der Waals surface area contributed by atoms with Crippen molar-refractivity contribution in [1.29, 1.82) is 0 Å². The second kappa shape index (κ2) is 5.69. The number of carbonyl (C=O) groups is 1. The molecule has 110 valence electrons. The number of benzene rings is 1. The van der Waals surface area contributed by atoms with Gasteiger partial charge in [-0.1, -0.05) is 12.1 Å². The lowest BCUT2D eigenvalue weighted by Gasteiger charge is -2.18. The van der Waals surface area contributed by atoms with Crippen LogP contribution in [-0.4, -0.2) is 35.0 Å². The molecular formula is C16H19N3O2. The van der Waals surface area contributed by atoms with Crippen LogP contribution in [0.25, 0.3) is 10.9 Å². The number of nitrogens with two attached hydrogens (primary N) is 1. The van der Waals surface area contributed by atoms with E-state index in [2.05, 4.69) is 4.90 Å². The van der Waals surface area contributed by atoms with Crippen LogP contribution >= 0.6 is 0 Å². The normalized spacial score (nSPS) is 15.6. The molecule has 1 aromatic heterocycles. The van der Waals surface area contributed by atoms with Crippen LogP contribution in [0.15, 0.2) is 35.3 Å². The summed E-state index contributed by atoms with van der Waals surface area (Å²) in [5, 5.41) is 0.551. The number of pyridine rings is 1. The molecule has 0 radical (unpaired) electrons. The van der Waals surface area contributed by atoms with E-state index in [-0.39, 0.29) is 11.0 Å². The lowest BCUT2D eigenvalue weighted by atomic mass is 10.1. The molecule has 5 nitrogen and oxygen atoms in total. The first-order valence-electron chi connectivity index (χ1n) is 7.31. The van der Waals surface area contributed by atoms with Crippen LogP contribution in [0.5, 0.6) is 0 Å². The second-order valence-corrected chi connectivity index (χ2v) is 5.50. The Morgan fingerprint density at radius 1 is 1.14 bits per heavy atom. The molecule has 2 aromatic rings. The van der Waals surface area contributed by atoms with E-state index in [0.717, 1.165) is 31.7 Å². The van der Waals surface area contributed by atoms with Crippen molar-refractivity contribution in [1.82, 2.24) is 9.47 Å². The molecule has 0 saturated carbocycles. The average molecular weight is 285 g/mol. The van der Waals surface area contributed by atoms with E-state index in [0.29, 0.717) is 5.39 Å². The number of likely N-dealkylation sites (tertiary alicyclic amines) is 1. The Hall–Kier alpha value is -2.14. The van der Waals surface area contributed by atoms with Crippen molar-refractivity contribution >= 4 is 16.8 Å². The number of rotatable bonds is 4. The first-order chi connectivity index (χ1) is 10.2. The van der Waals surface area contributed by atoms with Crippen molar-refractivity contribution in [2.75, 3.05) is 19.6 Å². The van der Waals surface area contributed by atoms with Gasteiger partial charge in [0.25, 0.3) is 5.91 Å². The van der Waals surface area contributed by atoms with Gasteiger partial charge in [-0.25, -0.2) is 0 Å². The first-order valence-corrected chi connectivity index (χ1v) is 7.31. The third-order valence-corrected chi connectivity index (χ3v) is 4.11. The van der Waals surface area contributed by atoms with Gasteiger partial charge < -0.3 is 15.2 Å². The van der Waals surface area contributed by atoms with Gasteiger partial charge in [-0.3, -0.25) is 9.59 Å². The number of nitrogens with zero attached hydrogens (tertiary/aromatic N) is 2. The van der Waals surface area contributed by atoms with Crippen molar-refractivity contribution in [3.8, 4) is 0 Å². The largest absolute Gasteiger partial charge is 0.365 e. The lowest BCUT2D eigenvalue weighted by Crippen LogP contribution is -2.27. The van der Waals surface area contributed by atoms with E-state index in [1.165, 1.54) is 12.8 Å². The second-order valence-electron chi connectivity index (χ2n) is 5.50. The predicted molar refractivity (Wildman–Crippen MR) is 82.4 cm³/mol. The molecule has 0 unspecified atom stereocenters. The standard InChI is InChI=1S/C16H19N3O2/c17-16(21)13-11-19(10-9-18-7-3-4-8-18)14-6-2-1-5-12(14)15(13)20/h1-2,5-6,11H,3-4,7-10H2,(H2,17,21). The highest BCUT2D eigenvalue weighted by Crippen LogP contribution is 2.13. The summed E-state index contributed by atoms with van der Waals surface area (Å²) in [6.45, 7) is 3.92. The zero-order chi connectivity index (χ0) is 14.8. The van der Waals surface area contributed by atoms with Crippen LogP contribution in [-0.2, 0) is 6.54 Å². The van der Waals surface area contributed by atoms with E-state index in [1.54, 1.807) is 18.3 Å². The van der Waals surface area contributed by atoms with Gasteiger partial charge in [-0.15, -0.1) is 0 Å². The first kappa shape index (κ1) is 13.8. The molecule has 0 atom stereocenters. The molecule has 5 heteroatoms. The quantitative estimate of drug-likeness (QED) is 0.917. The molecule has 0 aliphatic carbocycles. The van der Waals surface area contributed by atoms with Gasteiger partial charge in [-0.2, -0.15) is 0 Å². The maximum Gasteiger partial charge on any atom is 0.254 e. The van der Waals surface area contributed by atoms with E-state index >= 15 is 0 Å². The molecule has 0 bridgehead atoms. The molecule has 1 fully saturated rings. The molecule has 1 aromatic carbocycles. The fraction of sp³-hybridized carbons (Fsp3) is 0.375. The summed E-state index contributed by atoms with van der Waals surface area (Å²) in [4.78, 5) is 26.1. The average Bonchev–Trinajstić information content (AvgIpc) is 3.00. The van der Waals surface area contributed by atoms with Crippen LogP contribution in [0, 0.1) is 0 Å². The Kier molecular flexibility index (Phi) is 3.75. The molecule has 21 heavy (non-hydrogen) atoms. The van der Waals surface area contributed by atoms with Crippen LogP contribution in [0.4, 0.5) is 0 Å². The van der Waals surface area contributed by atoms with E-state index in [9.17, 15) is 9.59 Å². The zero-order valence-corrected chi connectivity index (χ0v) is 11.9. The maximum atomic E-state index is 12.3. The van der Waals surface area contributed by atoms with Gasteiger partial charge in [0.1, 0.15) is 5.56 Å². The molecule has 0 spiro atoms. The molecule has 2 N–H and O–H groups in total. The summed E-state index contributed by atoms with van der Waals surface area (Å²) in [5.74, 6) is -0.666. The third kappa shape index (κ3) is 2.69. The molecule has 1 saturated heterocycles. The van der Waals surface area contributed by atoms with Crippen LogP contribution in [0.1, 0.15) is 23.2 Å². The van der Waals surface area contributed by atoms with Crippen molar-refractivity contribution in [2.24, 2.45) is 5.73 Å². The topological polar surface area (TPSA) is 68.3 Å². The number of hydrogen-bond donors (Lipinski definition) is 1. The van der Waals surface area contributed by atoms with E-state index in [4.69, 9.17) is 5.73 Å². The molecule has 1 amide bonds.